The monoisotopic (exact) mass is 449 g/mol. The molecular weight excluding hydrogens is 429 g/mol. The van der Waals surface area contributed by atoms with E-state index in [4.69, 9.17) is 24.2 Å². The Kier molecular flexibility index (Phi) is 6.72. The second kappa shape index (κ2) is 9.67. The van der Waals surface area contributed by atoms with Crippen molar-refractivity contribution in [3.05, 3.63) is 69.7 Å². The van der Waals surface area contributed by atoms with Gasteiger partial charge in [-0.05, 0) is 43.7 Å². The van der Waals surface area contributed by atoms with Gasteiger partial charge in [0.05, 0.1) is 35.4 Å². The Morgan fingerprint density at radius 1 is 1.25 bits per heavy atom. The smallest absolute Gasteiger partial charge is 0.338 e. The minimum atomic E-state index is -0.423. The van der Waals surface area contributed by atoms with Gasteiger partial charge in [-0.15, -0.1) is 0 Å². The second-order valence-corrected chi connectivity index (χ2v) is 8.23. The highest BCUT2D eigenvalue weighted by Crippen LogP contribution is 2.18. The molecule has 1 aliphatic heterocycles. The van der Waals surface area contributed by atoms with Crippen LogP contribution >= 0.6 is 11.6 Å². The Balaban J connectivity index is 1.45. The van der Waals surface area contributed by atoms with Crippen LogP contribution in [-0.4, -0.2) is 47.8 Å². The van der Waals surface area contributed by atoms with Crippen molar-refractivity contribution in [3.63, 3.8) is 0 Å². The van der Waals surface area contributed by atoms with E-state index in [2.05, 4.69) is 10.3 Å². The van der Waals surface area contributed by atoms with E-state index in [1.165, 1.54) is 23.0 Å². The normalized spacial score (nSPS) is 18.4. The van der Waals surface area contributed by atoms with Gasteiger partial charge in [0.15, 0.2) is 5.78 Å². The summed E-state index contributed by atoms with van der Waals surface area (Å²) in [5.41, 5.74) is 0.854. The summed E-state index contributed by atoms with van der Waals surface area (Å²) in [6, 6.07) is 11.4. The molecule has 9 heteroatoms. The number of piperidine rings is 1. The number of fused-ring (bicyclic) bond motifs is 1. The highest BCUT2D eigenvalue weighted by atomic mass is 35.5. The highest BCUT2D eigenvalue weighted by Gasteiger charge is 2.30. The van der Waals surface area contributed by atoms with Crippen molar-refractivity contribution in [1.82, 2.24) is 14.9 Å². The average molecular weight is 450 g/mol. The molecule has 0 aliphatic carbocycles. The Morgan fingerprint density at radius 2 is 2.03 bits per heavy atom. The fraction of sp³-hybridized carbons (Fsp3) is 0.304. The van der Waals surface area contributed by atoms with Crippen LogP contribution in [0.25, 0.3) is 10.9 Å². The van der Waals surface area contributed by atoms with Crippen molar-refractivity contribution >= 4 is 47.6 Å². The lowest BCUT2D eigenvalue weighted by atomic mass is 9.95. The van der Waals surface area contributed by atoms with E-state index < -0.39 is 12.1 Å². The molecule has 2 radical (unpaired) electrons. The van der Waals surface area contributed by atoms with E-state index in [1.807, 2.05) is 6.07 Å². The van der Waals surface area contributed by atoms with Gasteiger partial charge >= 0.3 is 5.97 Å². The van der Waals surface area contributed by atoms with Crippen LogP contribution < -0.4 is 16.3 Å². The van der Waals surface area contributed by atoms with Crippen molar-refractivity contribution < 1.29 is 14.3 Å². The number of hydrogen-bond donors (Lipinski definition) is 1. The summed E-state index contributed by atoms with van der Waals surface area (Å²) in [6.07, 6.45) is 2.54. The van der Waals surface area contributed by atoms with Gasteiger partial charge in [-0.1, -0.05) is 35.3 Å². The van der Waals surface area contributed by atoms with E-state index in [-0.39, 0.29) is 35.4 Å². The molecule has 1 aromatic heterocycles. The standard InChI is InChI=1S/C23H21BClN3O4/c24-17-11-19-16(10-18(17)25)22(30)28(13-27-19)12-15(29)9-20-21(7-4-8-26-20)32-23(31)14-5-2-1-3-6-14/h1-3,5-6,10-11,13,20-21,26H,4,7-9,12H2/t20-,21+/m1/s1. The maximum atomic E-state index is 12.8. The molecule has 0 saturated carbocycles. The number of ketones is 1. The first-order valence-corrected chi connectivity index (χ1v) is 10.8. The van der Waals surface area contributed by atoms with Crippen LogP contribution in [0.3, 0.4) is 0 Å². The number of Topliss-reactive ketones (excluding diaryl/α,β-unsaturated/α-hetero) is 1. The number of nitrogens with one attached hydrogen (secondary N) is 1. The van der Waals surface area contributed by atoms with Gasteiger partial charge < -0.3 is 10.1 Å². The maximum absolute atomic E-state index is 12.8. The third kappa shape index (κ3) is 4.92. The lowest BCUT2D eigenvalue weighted by molar-refractivity contribution is -0.121. The Hall–Kier alpha value is -2.97. The van der Waals surface area contributed by atoms with E-state index in [0.29, 0.717) is 28.4 Å². The summed E-state index contributed by atoms with van der Waals surface area (Å²) >= 11 is 6.03. The molecule has 0 unspecified atom stereocenters. The van der Waals surface area contributed by atoms with Crippen LogP contribution in [0.4, 0.5) is 0 Å². The first-order valence-electron chi connectivity index (χ1n) is 10.4. The number of hydrogen-bond acceptors (Lipinski definition) is 6. The number of ether oxygens (including phenoxy) is 1. The summed E-state index contributed by atoms with van der Waals surface area (Å²) in [5, 5.41) is 3.82. The van der Waals surface area contributed by atoms with Crippen molar-refractivity contribution in [2.45, 2.75) is 38.0 Å². The number of carbonyl (C=O) groups excluding carboxylic acids is 2. The van der Waals surface area contributed by atoms with Crippen LogP contribution in [-0.2, 0) is 16.1 Å². The summed E-state index contributed by atoms with van der Waals surface area (Å²) in [4.78, 5) is 42.2. The fourth-order valence-corrected chi connectivity index (χ4v) is 4.02. The summed E-state index contributed by atoms with van der Waals surface area (Å²) in [6.45, 7) is 0.593. The van der Waals surface area contributed by atoms with Crippen molar-refractivity contribution in [2.75, 3.05) is 6.54 Å². The molecule has 7 nitrogen and oxygen atoms in total. The minimum Gasteiger partial charge on any atom is -0.457 e. The maximum Gasteiger partial charge on any atom is 0.338 e. The zero-order valence-corrected chi connectivity index (χ0v) is 18.0. The predicted octanol–water partition coefficient (Wildman–Crippen LogP) is 1.78. The number of aromatic nitrogens is 2. The largest absolute Gasteiger partial charge is 0.457 e. The molecule has 2 atom stereocenters. The van der Waals surface area contributed by atoms with Crippen LogP contribution in [0.15, 0.2) is 53.6 Å². The van der Waals surface area contributed by atoms with E-state index in [1.54, 1.807) is 24.3 Å². The Bertz CT molecular complexity index is 1220. The fourth-order valence-electron chi connectivity index (χ4n) is 3.86. The Labute approximate surface area is 191 Å². The van der Waals surface area contributed by atoms with Gasteiger partial charge in [0.2, 0.25) is 0 Å². The molecule has 0 spiro atoms. The van der Waals surface area contributed by atoms with Gasteiger partial charge in [0.25, 0.3) is 5.56 Å². The molecule has 1 aliphatic rings. The van der Waals surface area contributed by atoms with E-state index in [9.17, 15) is 14.4 Å². The van der Waals surface area contributed by atoms with Crippen molar-refractivity contribution in [3.8, 4) is 0 Å². The number of rotatable bonds is 6. The van der Waals surface area contributed by atoms with Gasteiger partial charge in [0.1, 0.15) is 14.0 Å². The molecule has 1 N–H and O–H groups in total. The number of esters is 1. The van der Waals surface area contributed by atoms with Crippen LogP contribution in [0.5, 0.6) is 0 Å². The number of halogens is 1. The SMILES string of the molecule is [B]c1cc2ncn(CC(=O)C[C@H]3NCCC[C@@H]3OC(=O)c3ccccc3)c(=O)c2cc1Cl. The molecular formula is C23H21BClN3O4. The third-order valence-electron chi connectivity index (χ3n) is 5.53. The predicted molar refractivity (Wildman–Crippen MR) is 123 cm³/mol. The molecule has 2 aromatic carbocycles. The zero-order chi connectivity index (χ0) is 22.7. The number of carbonyl (C=O) groups is 2. The van der Waals surface area contributed by atoms with Gasteiger partial charge in [0, 0.05) is 11.4 Å². The van der Waals surface area contributed by atoms with Gasteiger partial charge in [-0.3, -0.25) is 14.2 Å². The molecule has 32 heavy (non-hydrogen) atoms. The quantitative estimate of drug-likeness (QED) is 0.456. The zero-order valence-electron chi connectivity index (χ0n) is 17.3. The third-order valence-corrected chi connectivity index (χ3v) is 5.85. The molecule has 1 fully saturated rings. The molecule has 4 rings (SSSR count). The summed E-state index contributed by atoms with van der Waals surface area (Å²) in [5.74, 6) is -0.585. The molecule has 2 heterocycles. The molecule has 0 bridgehead atoms. The van der Waals surface area contributed by atoms with Crippen molar-refractivity contribution in [2.24, 2.45) is 0 Å². The molecule has 1 saturated heterocycles. The number of nitrogens with zero attached hydrogens (tertiary/aromatic N) is 2. The highest BCUT2D eigenvalue weighted by molar-refractivity contribution is 6.45. The molecule has 3 aromatic rings. The summed E-state index contributed by atoms with van der Waals surface area (Å²) in [7, 11) is 5.77. The van der Waals surface area contributed by atoms with Crippen LogP contribution in [0, 0.1) is 0 Å². The van der Waals surface area contributed by atoms with Crippen molar-refractivity contribution in [1.29, 1.82) is 0 Å². The van der Waals surface area contributed by atoms with Crippen LogP contribution in [0.1, 0.15) is 29.6 Å². The molecule has 0 amide bonds. The number of benzene rings is 2. The second-order valence-electron chi connectivity index (χ2n) is 7.82. The average Bonchev–Trinajstić information content (AvgIpc) is 2.79. The first-order chi connectivity index (χ1) is 15.4. The van der Waals surface area contributed by atoms with Gasteiger partial charge in [-0.2, -0.15) is 0 Å². The lowest BCUT2D eigenvalue weighted by Crippen LogP contribution is -2.48. The van der Waals surface area contributed by atoms with E-state index in [0.717, 1.165) is 13.0 Å². The first kappa shape index (κ1) is 22.2. The lowest BCUT2D eigenvalue weighted by Gasteiger charge is -2.32. The topological polar surface area (TPSA) is 90.3 Å². The van der Waals surface area contributed by atoms with E-state index >= 15 is 0 Å². The minimum absolute atomic E-state index is 0.125. The van der Waals surface area contributed by atoms with Gasteiger partial charge in [-0.25, -0.2) is 9.78 Å². The summed E-state index contributed by atoms with van der Waals surface area (Å²) < 4.78 is 6.94. The van der Waals surface area contributed by atoms with Crippen LogP contribution in [0.2, 0.25) is 5.02 Å². The molecule has 162 valence electrons. The Morgan fingerprint density at radius 3 is 2.81 bits per heavy atom.